The number of pyridine rings is 3. The summed E-state index contributed by atoms with van der Waals surface area (Å²) < 4.78 is 0. The van der Waals surface area contributed by atoms with Crippen LogP contribution >= 0.6 is 0 Å². The molecule has 4 rings (SSSR count). The van der Waals surface area contributed by atoms with E-state index in [9.17, 15) is 0 Å². The van der Waals surface area contributed by atoms with Crippen LogP contribution in [0.4, 0.5) is 0 Å². The molecule has 3 nitrogen and oxygen atoms in total. The second-order valence-electron chi connectivity index (χ2n) is 5.44. The van der Waals surface area contributed by atoms with E-state index in [0.717, 1.165) is 39.1 Å². The Balaban J connectivity index is 2.00. The van der Waals surface area contributed by atoms with Gasteiger partial charge in [-0.05, 0) is 42.8 Å². The molecule has 0 radical (unpaired) electrons. The average Bonchev–Trinajstić information content (AvgIpc) is 2.61. The zero-order valence-corrected chi connectivity index (χ0v) is 12.8. The molecule has 0 saturated carbocycles. The first-order valence-corrected chi connectivity index (χ1v) is 7.56. The summed E-state index contributed by atoms with van der Waals surface area (Å²) in [6.45, 7) is 1.99. The number of aryl methyl sites for hydroxylation is 1. The van der Waals surface area contributed by atoms with Crippen molar-refractivity contribution in [2.45, 2.75) is 6.92 Å². The minimum atomic E-state index is 0.890. The van der Waals surface area contributed by atoms with Gasteiger partial charge in [-0.15, -0.1) is 0 Å². The van der Waals surface area contributed by atoms with E-state index in [1.165, 1.54) is 0 Å². The number of hydrogen-bond acceptors (Lipinski definition) is 3. The monoisotopic (exact) mass is 297 g/mol. The summed E-state index contributed by atoms with van der Waals surface area (Å²) in [4.78, 5) is 13.7. The van der Waals surface area contributed by atoms with Gasteiger partial charge in [0, 0.05) is 29.0 Å². The highest BCUT2D eigenvalue weighted by atomic mass is 14.8. The molecule has 23 heavy (non-hydrogen) atoms. The lowest BCUT2D eigenvalue weighted by molar-refractivity contribution is 1.18. The van der Waals surface area contributed by atoms with Gasteiger partial charge in [-0.25, -0.2) is 0 Å². The molecule has 0 aliphatic rings. The Labute approximate surface area is 134 Å². The third-order valence-electron chi connectivity index (χ3n) is 3.88. The van der Waals surface area contributed by atoms with Gasteiger partial charge in [-0.1, -0.05) is 30.3 Å². The summed E-state index contributed by atoms with van der Waals surface area (Å²) in [5.74, 6) is 0. The van der Waals surface area contributed by atoms with Crippen molar-refractivity contribution in [2.24, 2.45) is 0 Å². The first kappa shape index (κ1) is 13.6. The van der Waals surface area contributed by atoms with Gasteiger partial charge in [0.15, 0.2) is 0 Å². The van der Waals surface area contributed by atoms with Crippen molar-refractivity contribution in [2.75, 3.05) is 0 Å². The summed E-state index contributed by atoms with van der Waals surface area (Å²) in [5.41, 5.74) is 5.95. The molecule has 0 spiro atoms. The number of benzene rings is 1. The van der Waals surface area contributed by atoms with Crippen LogP contribution in [0, 0.1) is 6.92 Å². The lowest BCUT2D eigenvalue weighted by Crippen LogP contribution is -1.93. The third-order valence-corrected chi connectivity index (χ3v) is 3.88. The van der Waals surface area contributed by atoms with Crippen LogP contribution < -0.4 is 0 Å². The van der Waals surface area contributed by atoms with Crippen LogP contribution in [-0.2, 0) is 0 Å². The van der Waals surface area contributed by atoms with Crippen LogP contribution in [0.15, 0.2) is 73.1 Å². The molecule has 110 valence electrons. The van der Waals surface area contributed by atoms with Crippen molar-refractivity contribution < 1.29 is 0 Å². The fourth-order valence-electron chi connectivity index (χ4n) is 2.83. The van der Waals surface area contributed by atoms with Gasteiger partial charge in [0.2, 0.25) is 0 Å². The summed E-state index contributed by atoms with van der Waals surface area (Å²) in [6.07, 6.45) is 3.66. The van der Waals surface area contributed by atoms with E-state index in [1.54, 1.807) is 0 Å². The van der Waals surface area contributed by atoms with Crippen LogP contribution in [0.3, 0.4) is 0 Å². The molecule has 3 heterocycles. The van der Waals surface area contributed by atoms with Crippen LogP contribution in [0.1, 0.15) is 5.69 Å². The Kier molecular flexibility index (Phi) is 3.31. The van der Waals surface area contributed by atoms with Crippen molar-refractivity contribution in [1.29, 1.82) is 0 Å². The summed E-state index contributed by atoms with van der Waals surface area (Å²) >= 11 is 0. The Morgan fingerprint density at radius 3 is 2.52 bits per heavy atom. The number of para-hydroxylation sites is 1. The minimum absolute atomic E-state index is 0.890. The quantitative estimate of drug-likeness (QED) is 0.540. The second-order valence-corrected chi connectivity index (χ2v) is 5.44. The lowest BCUT2D eigenvalue weighted by atomic mass is 9.98. The Bertz CT molecular complexity index is 987. The van der Waals surface area contributed by atoms with Gasteiger partial charge in [-0.2, -0.15) is 0 Å². The molecule has 1 aromatic carbocycles. The molecule has 0 fully saturated rings. The van der Waals surface area contributed by atoms with Gasteiger partial charge in [-0.3, -0.25) is 15.0 Å². The van der Waals surface area contributed by atoms with E-state index in [4.69, 9.17) is 0 Å². The summed E-state index contributed by atoms with van der Waals surface area (Å²) in [5, 5.41) is 1.12. The largest absolute Gasteiger partial charge is 0.256 e. The minimum Gasteiger partial charge on any atom is -0.256 e. The lowest BCUT2D eigenvalue weighted by Gasteiger charge is -2.11. The zero-order valence-electron chi connectivity index (χ0n) is 12.8. The predicted octanol–water partition coefficient (Wildman–Crippen LogP) is 4.67. The average molecular weight is 297 g/mol. The van der Waals surface area contributed by atoms with Crippen LogP contribution in [-0.4, -0.2) is 15.0 Å². The molecule has 0 aliphatic carbocycles. The van der Waals surface area contributed by atoms with E-state index < -0.39 is 0 Å². The topological polar surface area (TPSA) is 38.7 Å². The van der Waals surface area contributed by atoms with E-state index in [-0.39, 0.29) is 0 Å². The van der Waals surface area contributed by atoms with Crippen molar-refractivity contribution in [3.05, 3.63) is 78.8 Å². The highest BCUT2D eigenvalue weighted by molar-refractivity contribution is 5.97. The first-order chi connectivity index (χ1) is 11.3. The van der Waals surface area contributed by atoms with E-state index in [1.807, 2.05) is 67.8 Å². The number of aromatic nitrogens is 3. The number of fused-ring (bicyclic) bond motifs is 1. The van der Waals surface area contributed by atoms with Gasteiger partial charge in [0.25, 0.3) is 0 Å². The first-order valence-electron chi connectivity index (χ1n) is 7.56. The number of nitrogens with zero attached hydrogens (tertiary/aromatic N) is 3. The molecule has 0 unspecified atom stereocenters. The zero-order chi connectivity index (χ0) is 15.6. The Morgan fingerprint density at radius 2 is 1.61 bits per heavy atom. The van der Waals surface area contributed by atoms with Gasteiger partial charge in [0.1, 0.15) is 0 Å². The molecule has 0 saturated heterocycles. The molecular formula is C20H15N3. The molecule has 3 aromatic heterocycles. The maximum atomic E-state index is 4.63. The SMILES string of the molecule is Cc1cccc(-c2ncccc2-c2ccnc3ccccc23)n1. The molecule has 0 atom stereocenters. The molecule has 0 bridgehead atoms. The normalized spacial score (nSPS) is 10.8. The van der Waals surface area contributed by atoms with Crippen LogP contribution in [0.5, 0.6) is 0 Å². The Morgan fingerprint density at radius 1 is 0.696 bits per heavy atom. The molecule has 3 heteroatoms. The number of hydrogen-bond donors (Lipinski definition) is 0. The van der Waals surface area contributed by atoms with Crippen molar-refractivity contribution in [3.63, 3.8) is 0 Å². The standard InChI is InChI=1S/C20H15N3/c1-14-6-4-10-19(23-14)20-17(8-5-12-22-20)15-11-13-21-18-9-3-2-7-16(15)18/h2-13H,1H3. The van der Waals surface area contributed by atoms with Gasteiger partial charge in [0.05, 0.1) is 16.9 Å². The molecule has 0 N–H and O–H groups in total. The van der Waals surface area contributed by atoms with E-state index >= 15 is 0 Å². The maximum Gasteiger partial charge on any atom is 0.0964 e. The maximum absolute atomic E-state index is 4.63. The van der Waals surface area contributed by atoms with Crippen LogP contribution in [0.2, 0.25) is 0 Å². The van der Waals surface area contributed by atoms with Gasteiger partial charge < -0.3 is 0 Å². The highest BCUT2D eigenvalue weighted by Gasteiger charge is 2.12. The fraction of sp³-hybridized carbons (Fsp3) is 0.0500. The van der Waals surface area contributed by atoms with E-state index in [0.29, 0.717) is 0 Å². The van der Waals surface area contributed by atoms with Gasteiger partial charge >= 0.3 is 0 Å². The Hall–Kier alpha value is -3.07. The summed E-state index contributed by atoms with van der Waals surface area (Å²) in [7, 11) is 0. The van der Waals surface area contributed by atoms with Crippen molar-refractivity contribution >= 4 is 10.9 Å². The van der Waals surface area contributed by atoms with Crippen molar-refractivity contribution in [1.82, 2.24) is 15.0 Å². The fourth-order valence-corrected chi connectivity index (χ4v) is 2.83. The number of rotatable bonds is 2. The smallest absolute Gasteiger partial charge is 0.0964 e. The molecular weight excluding hydrogens is 282 g/mol. The molecule has 4 aromatic rings. The predicted molar refractivity (Wildman–Crippen MR) is 92.9 cm³/mol. The third kappa shape index (κ3) is 2.46. The summed E-state index contributed by atoms with van der Waals surface area (Å²) in [6, 6.07) is 20.3. The van der Waals surface area contributed by atoms with E-state index in [2.05, 4.69) is 27.1 Å². The second kappa shape index (κ2) is 5.61. The van der Waals surface area contributed by atoms with Crippen LogP contribution in [0.25, 0.3) is 33.4 Å². The van der Waals surface area contributed by atoms with Crippen molar-refractivity contribution in [3.8, 4) is 22.5 Å². The molecule has 0 aliphatic heterocycles. The molecule has 0 amide bonds. The highest BCUT2D eigenvalue weighted by Crippen LogP contribution is 2.33.